The van der Waals surface area contributed by atoms with Crippen molar-refractivity contribution in [3.05, 3.63) is 0 Å². The number of hydrogen-bond acceptors (Lipinski definition) is 3. The fraction of sp³-hybridized carbons (Fsp3) is 0.933. The average Bonchev–Trinajstić information content (AvgIpc) is 2.83. The second kappa shape index (κ2) is 6.23. The van der Waals surface area contributed by atoms with Gasteiger partial charge in [-0.25, -0.2) is 0 Å². The predicted molar refractivity (Wildman–Crippen MR) is 75.9 cm³/mol. The van der Waals surface area contributed by atoms with Gasteiger partial charge in [0.2, 0.25) is 5.91 Å². The number of fused-ring (bicyclic) bond motifs is 1. The summed E-state index contributed by atoms with van der Waals surface area (Å²) >= 11 is 0. The molecule has 2 saturated heterocycles. The Balaban J connectivity index is 1.41. The van der Waals surface area contributed by atoms with Crippen LogP contribution < -0.4 is 10.6 Å². The van der Waals surface area contributed by atoms with E-state index < -0.39 is 0 Å². The van der Waals surface area contributed by atoms with E-state index in [9.17, 15) is 4.79 Å². The van der Waals surface area contributed by atoms with E-state index in [0.717, 1.165) is 38.0 Å². The first-order chi connectivity index (χ1) is 9.31. The standard InChI is InChI=1S/C15H27N3O/c19-15(17-14-5-3-1-2-4-6-14)11-18-9-12-7-16-8-13(12)10-18/h12-14,16H,1-11H2,(H,17,19)/t12-,13+. The Bertz CT molecular complexity index is 301. The van der Waals surface area contributed by atoms with Gasteiger partial charge >= 0.3 is 0 Å². The molecule has 108 valence electrons. The summed E-state index contributed by atoms with van der Waals surface area (Å²) in [5.74, 6) is 1.82. The van der Waals surface area contributed by atoms with Gasteiger partial charge in [-0.05, 0) is 37.8 Å². The molecule has 4 nitrogen and oxygen atoms in total. The Hall–Kier alpha value is -0.610. The highest BCUT2D eigenvalue weighted by molar-refractivity contribution is 5.78. The van der Waals surface area contributed by atoms with E-state index in [1.54, 1.807) is 0 Å². The quantitative estimate of drug-likeness (QED) is 0.748. The van der Waals surface area contributed by atoms with Gasteiger partial charge in [0.15, 0.2) is 0 Å². The predicted octanol–water partition coefficient (Wildman–Crippen LogP) is 0.977. The van der Waals surface area contributed by atoms with E-state index >= 15 is 0 Å². The number of carbonyl (C=O) groups is 1. The second-order valence-corrected chi connectivity index (χ2v) is 6.63. The smallest absolute Gasteiger partial charge is 0.234 e. The molecule has 19 heavy (non-hydrogen) atoms. The van der Waals surface area contributed by atoms with Crippen LogP contribution in [0.25, 0.3) is 0 Å². The number of rotatable bonds is 3. The van der Waals surface area contributed by atoms with Crippen molar-refractivity contribution in [2.24, 2.45) is 11.8 Å². The Morgan fingerprint density at radius 2 is 1.68 bits per heavy atom. The lowest BCUT2D eigenvalue weighted by atomic mass is 10.0. The molecule has 2 N–H and O–H groups in total. The molecule has 0 spiro atoms. The normalized spacial score (nSPS) is 33.1. The van der Waals surface area contributed by atoms with Gasteiger partial charge < -0.3 is 10.6 Å². The molecule has 3 rings (SSSR count). The van der Waals surface area contributed by atoms with Crippen molar-refractivity contribution in [2.45, 2.75) is 44.6 Å². The van der Waals surface area contributed by atoms with Crippen molar-refractivity contribution < 1.29 is 4.79 Å². The molecule has 0 unspecified atom stereocenters. The maximum Gasteiger partial charge on any atom is 0.234 e. The van der Waals surface area contributed by atoms with E-state index in [0.29, 0.717) is 12.6 Å². The number of nitrogens with one attached hydrogen (secondary N) is 2. The van der Waals surface area contributed by atoms with Crippen LogP contribution in [0.3, 0.4) is 0 Å². The Morgan fingerprint density at radius 1 is 1.05 bits per heavy atom. The molecule has 0 aromatic heterocycles. The van der Waals surface area contributed by atoms with Crippen LogP contribution in [0.15, 0.2) is 0 Å². The van der Waals surface area contributed by atoms with Crippen LogP contribution in [0.1, 0.15) is 38.5 Å². The third-order valence-corrected chi connectivity index (χ3v) is 5.05. The average molecular weight is 265 g/mol. The molecule has 3 aliphatic rings. The van der Waals surface area contributed by atoms with E-state index in [2.05, 4.69) is 15.5 Å². The highest BCUT2D eigenvalue weighted by Crippen LogP contribution is 2.25. The molecule has 0 radical (unpaired) electrons. The molecule has 0 bridgehead atoms. The van der Waals surface area contributed by atoms with Crippen molar-refractivity contribution in [3.63, 3.8) is 0 Å². The first-order valence-electron chi connectivity index (χ1n) is 8.03. The van der Waals surface area contributed by atoms with Crippen LogP contribution in [0, 0.1) is 11.8 Å². The van der Waals surface area contributed by atoms with Gasteiger partial charge in [-0.2, -0.15) is 0 Å². The zero-order valence-electron chi connectivity index (χ0n) is 11.9. The third-order valence-electron chi connectivity index (χ3n) is 5.05. The second-order valence-electron chi connectivity index (χ2n) is 6.63. The largest absolute Gasteiger partial charge is 0.352 e. The van der Waals surface area contributed by atoms with Crippen molar-refractivity contribution >= 4 is 5.91 Å². The number of nitrogens with zero attached hydrogens (tertiary/aromatic N) is 1. The van der Waals surface area contributed by atoms with Gasteiger partial charge in [0.1, 0.15) is 0 Å². The summed E-state index contributed by atoms with van der Waals surface area (Å²) in [6.07, 6.45) is 7.61. The molecular formula is C15H27N3O. The Morgan fingerprint density at radius 3 is 2.32 bits per heavy atom. The van der Waals surface area contributed by atoms with Crippen LogP contribution in [0.2, 0.25) is 0 Å². The molecule has 2 atom stereocenters. The molecule has 4 heteroatoms. The maximum absolute atomic E-state index is 12.1. The molecule has 2 heterocycles. The Labute approximate surface area is 116 Å². The summed E-state index contributed by atoms with van der Waals surface area (Å²) in [4.78, 5) is 14.5. The summed E-state index contributed by atoms with van der Waals surface area (Å²) in [6.45, 7) is 5.12. The number of amides is 1. The van der Waals surface area contributed by atoms with Crippen LogP contribution >= 0.6 is 0 Å². The number of carbonyl (C=O) groups excluding carboxylic acids is 1. The monoisotopic (exact) mass is 265 g/mol. The van der Waals surface area contributed by atoms with Gasteiger partial charge in [0.05, 0.1) is 6.54 Å². The molecule has 0 aromatic rings. The highest BCUT2D eigenvalue weighted by Gasteiger charge is 2.36. The summed E-state index contributed by atoms with van der Waals surface area (Å²) < 4.78 is 0. The zero-order chi connectivity index (χ0) is 13.1. The van der Waals surface area contributed by atoms with E-state index in [1.165, 1.54) is 38.5 Å². The van der Waals surface area contributed by atoms with Crippen molar-refractivity contribution in [2.75, 3.05) is 32.7 Å². The lowest BCUT2D eigenvalue weighted by Gasteiger charge is -2.20. The fourth-order valence-electron chi connectivity index (χ4n) is 3.98. The van der Waals surface area contributed by atoms with E-state index in [1.807, 2.05) is 0 Å². The maximum atomic E-state index is 12.1. The minimum absolute atomic E-state index is 0.250. The van der Waals surface area contributed by atoms with E-state index in [-0.39, 0.29) is 5.91 Å². The molecule has 1 amide bonds. The first-order valence-corrected chi connectivity index (χ1v) is 8.03. The first kappa shape index (κ1) is 13.4. The number of likely N-dealkylation sites (tertiary alicyclic amines) is 1. The van der Waals surface area contributed by atoms with Crippen molar-refractivity contribution in [1.82, 2.24) is 15.5 Å². The summed E-state index contributed by atoms with van der Waals surface area (Å²) in [5, 5.41) is 6.70. The SMILES string of the molecule is O=C(CN1C[C@H]2CNC[C@H]2C1)NC1CCCCCC1. The molecule has 2 aliphatic heterocycles. The summed E-state index contributed by atoms with van der Waals surface area (Å²) in [7, 11) is 0. The van der Waals surface area contributed by atoms with Gasteiger partial charge in [-0.15, -0.1) is 0 Å². The van der Waals surface area contributed by atoms with Gasteiger partial charge in [-0.1, -0.05) is 25.7 Å². The lowest BCUT2D eigenvalue weighted by molar-refractivity contribution is -0.122. The number of hydrogen-bond donors (Lipinski definition) is 2. The summed E-state index contributed by atoms with van der Waals surface area (Å²) in [6, 6.07) is 0.443. The Kier molecular flexibility index (Phi) is 4.38. The van der Waals surface area contributed by atoms with Gasteiger partial charge in [-0.3, -0.25) is 9.69 Å². The zero-order valence-corrected chi connectivity index (χ0v) is 11.9. The molecule has 1 saturated carbocycles. The van der Waals surface area contributed by atoms with Crippen molar-refractivity contribution in [1.29, 1.82) is 0 Å². The molecule has 0 aromatic carbocycles. The minimum atomic E-state index is 0.250. The lowest BCUT2D eigenvalue weighted by Crippen LogP contribution is -2.42. The van der Waals surface area contributed by atoms with Crippen LogP contribution in [0.4, 0.5) is 0 Å². The van der Waals surface area contributed by atoms with Crippen LogP contribution in [0.5, 0.6) is 0 Å². The van der Waals surface area contributed by atoms with Gasteiger partial charge in [0, 0.05) is 19.1 Å². The highest BCUT2D eigenvalue weighted by atomic mass is 16.2. The topological polar surface area (TPSA) is 44.4 Å². The molecule has 3 fully saturated rings. The fourth-order valence-corrected chi connectivity index (χ4v) is 3.98. The molecular weight excluding hydrogens is 238 g/mol. The van der Waals surface area contributed by atoms with E-state index in [4.69, 9.17) is 0 Å². The van der Waals surface area contributed by atoms with Crippen LogP contribution in [-0.4, -0.2) is 49.6 Å². The van der Waals surface area contributed by atoms with Crippen molar-refractivity contribution in [3.8, 4) is 0 Å². The summed E-state index contributed by atoms with van der Waals surface area (Å²) in [5.41, 5.74) is 0. The van der Waals surface area contributed by atoms with Gasteiger partial charge in [0.25, 0.3) is 0 Å². The molecule has 1 aliphatic carbocycles. The minimum Gasteiger partial charge on any atom is -0.352 e. The third kappa shape index (κ3) is 3.48. The van der Waals surface area contributed by atoms with Crippen LogP contribution in [-0.2, 0) is 4.79 Å².